The number of rotatable bonds is 8. The number of fused-ring (bicyclic) bond motifs is 1. The molecule has 1 N–H and O–H groups in total. The summed E-state index contributed by atoms with van der Waals surface area (Å²) in [4.78, 5) is 13.1. The fraction of sp³-hybridized carbons (Fsp3) is 0.591. The number of esters is 1. The summed E-state index contributed by atoms with van der Waals surface area (Å²) in [5.41, 5.74) is 1.21. The molecular weight excluding hydrogens is 376 g/mol. The summed E-state index contributed by atoms with van der Waals surface area (Å²) in [5.74, 6) is 0.150. The lowest BCUT2D eigenvalue weighted by Gasteiger charge is -2.28. The maximum atomic E-state index is 13.1. The third-order valence-corrected chi connectivity index (χ3v) is 4.92. The lowest BCUT2D eigenvalue weighted by atomic mass is 9.93. The molecular formula is C22H32O7. The molecule has 0 fully saturated rings. The van der Waals surface area contributed by atoms with E-state index in [1.165, 1.54) is 7.11 Å². The Kier molecular flexibility index (Phi) is 10.1. The number of aliphatic hydroxyl groups excluding tert-OH is 1. The monoisotopic (exact) mass is 408 g/mol. The first kappa shape index (κ1) is 23.3. The molecule has 0 saturated heterocycles. The fourth-order valence-corrected chi connectivity index (χ4v) is 3.35. The van der Waals surface area contributed by atoms with Gasteiger partial charge in [0.15, 0.2) is 6.79 Å². The number of hydrogen-bond donors (Lipinski definition) is 1. The lowest BCUT2D eigenvalue weighted by molar-refractivity contribution is -0.104. The molecule has 0 spiro atoms. The second-order valence-electron chi connectivity index (χ2n) is 7.12. The van der Waals surface area contributed by atoms with Gasteiger partial charge in [-0.2, -0.15) is 0 Å². The van der Waals surface area contributed by atoms with Gasteiger partial charge in [0, 0.05) is 33.7 Å². The Morgan fingerprint density at radius 1 is 1.17 bits per heavy atom. The Bertz CT molecular complexity index is 659. The number of carbonyl (C=O) groups is 1. The van der Waals surface area contributed by atoms with Crippen molar-refractivity contribution in [2.24, 2.45) is 5.92 Å². The van der Waals surface area contributed by atoms with E-state index in [1.807, 2.05) is 18.2 Å². The van der Waals surface area contributed by atoms with Gasteiger partial charge in [-0.25, -0.2) is 4.79 Å². The number of allylic oxidation sites excluding steroid dienone is 2. The van der Waals surface area contributed by atoms with Crippen molar-refractivity contribution in [2.45, 2.75) is 44.8 Å². The van der Waals surface area contributed by atoms with Crippen LogP contribution < -0.4 is 4.74 Å². The number of ether oxygens (including phenoxy) is 5. The van der Waals surface area contributed by atoms with E-state index in [0.29, 0.717) is 30.6 Å². The van der Waals surface area contributed by atoms with Crippen LogP contribution in [0.1, 0.15) is 42.1 Å². The van der Waals surface area contributed by atoms with Gasteiger partial charge in [-0.15, -0.1) is 0 Å². The van der Waals surface area contributed by atoms with Gasteiger partial charge < -0.3 is 28.8 Å². The molecule has 0 saturated carbocycles. The lowest BCUT2D eigenvalue weighted by Crippen LogP contribution is -2.31. The van der Waals surface area contributed by atoms with Gasteiger partial charge in [-0.05, 0) is 30.4 Å². The minimum Gasteiger partial charge on any atom is -0.467 e. The standard InChI is InChI=1S/C22H32O7/c1-16-7-4-5-8-17-9-6-10-19(27-14-25-2)21(17)22(24)29-18(11-12-23)13-20(16)28-15-26-3/h4-6,9-10,16,18,20,23H,7-8,11-15H2,1-3H3/b5-4+/t16-,18?,20+/m1/s1. The molecule has 1 aromatic rings. The maximum Gasteiger partial charge on any atom is 0.342 e. The van der Waals surface area contributed by atoms with Crippen LogP contribution in [0.5, 0.6) is 5.75 Å². The third kappa shape index (κ3) is 7.12. The normalized spacial score (nSPS) is 24.0. The molecule has 0 aromatic heterocycles. The topological polar surface area (TPSA) is 83.5 Å². The average molecular weight is 408 g/mol. The number of carbonyl (C=O) groups excluding carboxylic acids is 1. The molecule has 0 bridgehead atoms. The van der Waals surface area contributed by atoms with Crippen LogP contribution in [0.25, 0.3) is 0 Å². The van der Waals surface area contributed by atoms with E-state index in [2.05, 4.69) is 13.0 Å². The second kappa shape index (κ2) is 12.6. The van der Waals surface area contributed by atoms with Crippen LogP contribution >= 0.6 is 0 Å². The van der Waals surface area contributed by atoms with E-state index < -0.39 is 12.1 Å². The van der Waals surface area contributed by atoms with Crippen LogP contribution in [0.3, 0.4) is 0 Å². The van der Waals surface area contributed by atoms with E-state index in [1.54, 1.807) is 13.2 Å². The van der Waals surface area contributed by atoms with Gasteiger partial charge in [0.1, 0.15) is 24.2 Å². The summed E-state index contributed by atoms with van der Waals surface area (Å²) >= 11 is 0. The fourth-order valence-electron chi connectivity index (χ4n) is 3.35. The van der Waals surface area contributed by atoms with Crippen LogP contribution in [-0.4, -0.2) is 57.7 Å². The second-order valence-corrected chi connectivity index (χ2v) is 7.12. The van der Waals surface area contributed by atoms with E-state index in [0.717, 1.165) is 12.0 Å². The number of cyclic esters (lactones) is 1. The summed E-state index contributed by atoms with van der Waals surface area (Å²) in [7, 11) is 3.10. The van der Waals surface area contributed by atoms with Gasteiger partial charge in [0.25, 0.3) is 0 Å². The van der Waals surface area contributed by atoms with Crippen LogP contribution in [0.2, 0.25) is 0 Å². The number of methoxy groups -OCH3 is 2. The predicted molar refractivity (Wildman–Crippen MR) is 108 cm³/mol. The smallest absolute Gasteiger partial charge is 0.342 e. The Morgan fingerprint density at radius 2 is 1.97 bits per heavy atom. The first-order valence-electron chi connectivity index (χ1n) is 9.91. The van der Waals surface area contributed by atoms with Crippen LogP contribution in [-0.2, 0) is 25.4 Å². The van der Waals surface area contributed by atoms with E-state index in [9.17, 15) is 9.90 Å². The van der Waals surface area contributed by atoms with Gasteiger partial charge >= 0.3 is 5.97 Å². The zero-order valence-electron chi connectivity index (χ0n) is 17.5. The van der Waals surface area contributed by atoms with Crippen molar-refractivity contribution in [1.29, 1.82) is 0 Å². The quantitative estimate of drug-likeness (QED) is 0.402. The molecule has 2 rings (SSSR count). The zero-order valence-corrected chi connectivity index (χ0v) is 17.5. The highest BCUT2D eigenvalue weighted by molar-refractivity contribution is 5.94. The summed E-state index contributed by atoms with van der Waals surface area (Å²) in [5, 5.41) is 9.48. The van der Waals surface area contributed by atoms with E-state index in [4.69, 9.17) is 23.7 Å². The summed E-state index contributed by atoms with van der Waals surface area (Å²) in [6.07, 6.45) is 5.71. The SMILES string of the molecule is COCOc1cccc2c1C(=O)OC(CCO)C[C@H](OCOC)[C@H](C)C/C=C/C2. The average Bonchev–Trinajstić information content (AvgIpc) is 2.71. The van der Waals surface area contributed by atoms with Crippen molar-refractivity contribution >= 4 is 5.97 Å². The van der Waals surface area contributed by atoms with Gasteiger partial charge in [0.2, 0.25) is 0 Å². The largest absolute Gasteiger partial charge is 0.467 e. The summed E-state index contributed by atoms with van der Waals surface area (Å²) in [6.45, 7) is 2.21. The van der Waals surface area contributed by atoms with E-state index >= 15 is 0 Å². The molecule has 29 heavy (non-hydrogen) atoms. The summed E-state index contributed by atoms with van der Waals surface area (Å²) in [6, 6.07) is 5.46. The van der Waals surface area contributed by atoms with Crippen LogP contribution in [0, 0.1) is 5.92 Å². The van der Waals surface area contributed by atoms with Crippen LogP contribution in [0.4, 0.5) is 0 Å². The minimum atomic E-state index is -0.483. The highest BCUT2D eigenvalue weighted by Gasteiger charge is 2.27. The molecule has 162 valence electrons. The third-order valence-electron chi connectivity index (χ3n) is 4.92. The summed E-state index contributed by atoms with van der Waals surface area (Å²) < 4.78 is 27.3. The minimum absolute atomic E-state index is 0.0318. The van der Waals surface area contributed by atoms with Crippen molar-refractivity contribution in [3.63, 3.8) is 0 Å². The molecule has 1 aromatic carbocycles. The maximum absolute atomic E-state index is 13.1. The van der Waals surface area contributed by atoms with E-state index in [-0.39, 0.29) is 32.2 Å². The molecule has 1 aliphatic rings. The van der Waals surface area contributed by atoms with Crippen molar-refractivity contribution < 1.29 is 33.6 Å². The molecule has 1 heterocycles. The molecule has 3 atom stereocenters. The Hall–Kier alpha value is -1.93. The highest BCUT2D eigenvalue weighted by Crippen LogP contribution is 2.28. The molecule has 1 unspecified atom stereocenters. The van der Waals surface area contributed by atoms with Crippen molar-refractivity contribution in [3.8, 4) is 5.75 Å². The van der Waals surface area contributed by atoms with Gasteiger partial charge in [-0.3, -0.25) is 0 Å². The zero-order chi connectivity index (χ0) is 21.1. The predicted octanol–water partition coefficient (Wildman–Crippen LogP) is 3.09. The first-order valence-corrected chi connectivity index (χ1v) is 9.91. The van der Waals surface area contributed by atoms with Gasteiger partial charge in [-0.1, -0.05) is 31.2 Å². The van der Waals surface area contributed by atoms with Crippen molar-refractivity contribution in [1.82, 2.24) is 0 Å². The molecule has 0 amide bonds. The number of hydrogen-bond acceptors (Lipinski definition) is 7. The van der Waals surface area contributed by atoms with Crippen molar-refractivity contribution in [3.05, 3.63) is 41.5 Å². The molecule has 7 nitrogen and oxygen atoms in total. The molecule has 0 radical (unpaired) electrons. The van der Waals surface area contributed by atoms with Gasteiger partial charge in [0.05, 0.1) is 6.10 Å². The highest BCUT2D eigenvalue weighted by atomic mass is 16.7. The Morgan fingerprint density at radius 3 is 2.69 bits per heavy atom. The van der Waals surface area contributed by atoms with Crippen LogP contribution in [0.15, 0.2) is 30.4 Å². The Labute approximate surface area is 172 Å². The van der Waals surface area contributed by atoms with Crippen molar-refractivity contribution in [2.75, 3.05) is 34.4 Å². The Balaban J connectivity index is 2.35. The molecule has 7 heteroatoms. The molecule has 0 aliphatic carbocycles. The number of benzene rings is 1. The number of aliphatic hydroxyl groups is 1. The first-order chi connectivity index (χ1) is 14.1. The molecule has 1 aliphatic heterocycles.